The van der Waals surface area contributed by atoms with Gasteiger partial charge in [0.15, 0.2) is 0 Å². The minimum absolute atomic E-state index is 0.0111. The standard InChI is InChI=1S/C19H18FNO2/c1-3-17-18(13-4-6-14(20)7-5-13)12-21(19(17)22)15-8-10-16(23-2)11-9-15/h4-11H,3,12H2,1-2H3. The van der Waals surface area contributed by atoms with Gasteiger partial charge in [-0.1, -0.05) is 19.1 Å². The molecule has 0 saturated carbocycles. The zero-order valence-electron chi connectivity index (χ0n) is 13.2. The van der Waals surface area contributed by atoms with Crippen molar-refractivity contribution >= 4 is 17.2 Å². The lowest BCUT2D eigenvalue weighted by Gasteiger charge is -2.17. The van der Waals surface area contributed by atoms with Gasteiger partial charge in [0.25, 0.3) is 5.91 Å². The molecular formula is C19H18FNO2. The van der Waals surface area contributed by atoms with Gasteiger partial charge >= 0.3 is 0 Å². The average Bonchev–Trinajstić information content (AvgIpc) is 2.92. The van der Waals surface area contributed by atoms with Crippen LogP contribution in [0.2, 0.25) is 0 Å². The quantitative estimate of drug-likeness (QED) is 0.852. The summed E-state index contributed by atoms with van der Waals surface area (Å²) in [7, 11) is 1.61. The summed E-state index contributed by atoms with van der Waals surface area (Å²) in [5.74, 6) is 0.489. The molecule has 0 unspecified atom stereocenters. The molecular weight excluding hydrogens is 293 g/mol. The Labute approximate surface area is 135 Å². The smallest absolute Gasteiger partial charge is 0.254 e. The zero-order valence-corrected chi connectivity index (χ0v) is 13.2. The molecule has 118 valence electrons. The molecule has 4 heteroatoms. The first-order valence-electron chi connectivity index (χ1n) is 7.58. The van der Waals surface area contributed by atoms with Crippen LogP contribution in [0.4, 0.5) is 10.1 Å². The van der Waals surface area contributed by atoms with Crippen LogP contribution in [0.25, 0.3) is 5.57 Å². The molecule has 23 heavy (non-hydrogen) atoms. The number of rotatable bonds is 4. The van der Waals surface area contributed by atoms with Crippen LogP contribution in [-0.4, -0.2) is 19.6 Å². The average molecular weight is 311 g/mol. The lowest BCUT2D eigenvalue weighted by molar-refractivity contribution is -0.114. The molecule has 0 fully saturated rings. The number of methoxy groups -OCH3 is 1. The van der Waals surface area contributed by atoms with Gasteiger partial charge in [0, 0.05) is 11.3 Å². The van der Waals surface area contributed by atoms with Crippen molar-refractivity contribution in [1.29, 1.82) is 0 Å². The van der Waals surface area contributed by atoms with Crippen molar-refractivity contribution in [3.05, 3.63) is 65.5 Å². The molecule has 1 amide bonds. The van der Waals surface area contributed by atoms with Crippen LogP contribution in [0.3, 0.4) is 0 Å². The summed E-state index contributed by atoms with van der Waals surface area (Å²) < 4.78 is 18.3. The van der Waals surface area contributed by atoms with Gasteiger partial charge in [-0.05, 0) is 54.0 Å². The first-order valence-corrected chi connectivity index (χ1v) is 7.58. The van der Waals surface area contributed by atoms with Crippen molar-refractivity contribution in [3.8, 4) is 5.75 Å². The van der Waals surface area contributed by atoms with E-state index in [0.717, 1.165) is 28.1 Å². The van der Waals surface area contributed by atoms with Crippen LogP contribution in [-0.2, 0) is 4.79 Å². The van der Waals surface area contributed by atoms with Gasteiger partial charge in [-0.25, -0.2) is 4.39 Å². The monoisotopic (exact) mass is 311 g/mol. The van der Waals surface area contributed by atoms with Crippen molar-refractivity contribution in [2.45, 2.75) is 13.3 Å². The minimum Gasteiger partial charge on any atom is -0.497 e. The van der Waals surface area contributed by atoms with E-state index in [-0.39, 0.29) is 11.7 Å². The van der Waals surface area contributed by atoms with Crippen LogP contribution in [0, 0.1) is 5.82 Å². The highest BCUT2D eigenvalue weighted by molar-refractivity contribution is 6.16. The maximum absolute atomic E-state index is 13.1. The molecule has 2 aromatic rings. The van der Waals surface area contributed by atoms with Gasteiger partial charge < -0.3 is 9.64 Å². The molecule has 0 bridgehead atoms. The first-order chi connectivity index (χ1) is 11.1. The number of benzene rings is 2. The van der Waals surface area contributed by atoms with Gasteiger partial charge in [0.1, 0.15) is 11.6 Å². The van der Waals surface area contributed by atoms with E-state index in [1.807, 2.05) is 31.2 Å². The van der Waals surface area contributed by atoms with Crippen molar-refractivity contribution in [1.82, 2.24) is 0 Å². The van der Waals surface area contributed by atoms with Crippen molar-refractivity contribution < 1.29 is 13.9 Å². The number of carbonyl (C=O) groups excluding carboxylic acids is 1. The molecule has 0 saturated heterocycles. The predicted octanol–water partition coefficient (Wildman–Crippen LogP) is 4.04. The van der Waals surface area contributed by atoms with Gasteiger partial charge in [-0.2, -0.15) is 0 Å². The van der Waals surface area contributed by atoms with Crippen LogP contribution >= 0.6 is 0 Å². The number of carbonyl (C=O) groups is 1. The molecule has 0 spiro atoms. The number of halogens is 1. The maximum Gasteiger partial charge on any atom is 0.254 e. The lowest BCUT2D eigenvalue weighted by Crippen LogP contribution is -2.26. The highest BCUT2D eigenvalue weighted by atomic mass is 19.1. The number of anilines is 1. The van der Waals surface area contributed by atoms with E-state index in [0.29, 0.717) is 13.0 Å². The topological polar surface area (TPSA) is 29.5 Å². The van der Waals surface area contributed by atoms with Crippen molar-refractivity contribution in [2.24, 2.45) is 0 Å². The number of hydrogen-bond acceptors (Lipinski definition) is 2. The van der Waals surface area contributed by atoms with Gasteiger partial charge in [-0.3, -0.25) is 4.79 Å². The Morgan fingerprint density at radius 2 is 1.74 bits per heavy atom. The fraction of sp³-hybridized carbons (Fsp3) is 0.211. The Balaban J connectivity index is 1.93. The summed E-state index contributed by atoms with van der Waals surface area (Å²) in [6.07, 6.45) is 0.651. The Morgan fingerprint density at radius 3 is 2.30 bits per heavy atom. The predicted molar refractivity (Wildman–Crippen MR) is 89.0 cm³/mol. The van der Waals surface area contributed by atoms with Crippen molar-refractivity contribution in [2.75, 3.05) is 18.6 Å². The Hall–Kier alpha value is -2.62. The summed E-state index contributed by atoms with van der Waals surface area (Å²) in [4.78, 5) is 14.5. The van der Waals surface area contributed by atoms with E-state index in [1.165, 1.54) is 12.1 Å². The Bertz CT molecular complexity index is 748. The van der Waals surface area contributed by atoms with E-state index in [2.05, 4.69) is 0 Å². The molecule has 0 N–H and O–H groups in total. The van der Waals surface area contributed by atoms with Crippen LogP contribution in [0.15, 0.2) is 54.1 Å². The van der Waals surface area contributed by atoms with Crippen molar-refractivity contribution in [3.63, 3.8) is 0 Å². The van der Waals surface area contributed by atoms with E-state index in [1.54, 1.807) is 24.1 Å². The molecule has 0 aromatic heterocycles. The third kappa shape index (κ3) is 2.84. The fourth-order valence-electron chi connectivity index (χ4n) is 2.87. The second-order valence-corrected chi connectivity index (χ2v) is 5.41. The number of hydrogen-bond donors (Lipinski definition) is 0. The normalized spacial score (nSPS) is 14.6. The number of amides is 1. The SMILES string of the molecule is CCC1=C(c2ccc(F)cc2)CN(c2ccc(OC)cc2)C1=O. The summed E-state index contributed by atoms with van der Waals surface area (Å²) in [5.41, 5.74) is 3.48. The van der Waals surface area contributed by atoms with Crippen LogP contribution in [0.5, 0.6) is 5.75 Å². The van der Waals surface area contributed by atoms with E-state index in [4.69, 9.17) is 4.74 Å². The largest absolute Gasteiger partial charge is 0.497 e. The van der Waals surface area contributed by atoms with E-state index >= 15 is 0 Å². The molecule has 2 aromatic carbocycles. The zero-order chi connectivity index (χ0) is 16.4. The number of nitrogens with zero attached hydrogens (tertiary/aromatic N) is 1. The molecule has 1 aliphatic rings. The molecule has 0 atom stereocenters. The first kappa shape index (κ1) is 15.3. The third-order valence-electron chi connectivity index (χ3n) is 4.11. The molecule has 1 heterocycles. The summed E-state index contributed by atoms with van der Waals surface area (Å²) in [6, 6.07) is 13.7. The van der Waals surface area contributed by atoms with Gasteiger partial charge in [0.05, 0.1) is 13.7 Å². The van der Waals surface area contributed by atoms with Crippen LogP contribution in [0.1, 0.15) is 18.9 Å². The van der Waals surface area contributed by atoms with Gasteiger partial charge in [0.2, 0.25) is 0 Å². The Kier molecular flexibility index (Phi) is 4.15. The second kappa shape index (κ2) is 6.24. The Morgan fingerprint density at radius 1 is 1.09 bits per heavy atom. The highest BCUT2D eigenvalue weighted by Gasteiger charge is 2.30. The third-order valence-corrected chi connectivity index (χ3v) is 4.11. The van der Waals surface area contributed by atoms with E-state index in [9.17, 15) is 9.18 Å². The summed E-state index contributed by atoms with van der Waals surface area (Å²) in [5, 5.41) is 0. The second-order valence-electron chi connectivity index (χ2n) is 5.41. The molecule has 1 aliphatic heterocycles. The maximum atomic E-state index is 13.1. The molecule has 0 radical (unpaired) electrons. The van der Waals surface area contributed by atoms with Crippen LogP contribution < -0.4 is 9.64 Å². The summed E-state index contributed by atoms with van der Waals surface area (Å²) >= 11 is 0. The molecule has 3 rings (SSSR count). The lowest BCUT2D eigenvalue weighted by atomic mass is 10.0. The fourth-order valence-corrected chi connectivity index (χ4v) is 2.87. The van der Waals surface area contributed by atoms with E-state index < -0.39 is 0 Å². The van der Waals surface area contributed by atoms with Gasteiger partial charge in [-0.15, -0.1) is 0 Å². The number of ether oxygens (including phenoxy) is 1. The molecule has 3 nitrogen and oxygen atoms in total. The summed E-state index contributed by atoms with van der Waals surface area (Å²) in [6.45, 7) is 2.47. The minimum atomic E-state index is -0.274. The molecule has 0 aliphatic carbocycles. The highest BCUT2D eigenvalue weighted by Crippen LogP contribution is 2.33.